The van der Waals surface area contributed by atoms with E-state index in [-0.39, 0.29) is 17.4 Å². The number of rotatable bonds is 1. The van der Waals surface area contributed by atoms with Crippen LogP contribution >= 0.6 is 0 Å². The van der Waals surface area contributed by atoms with E-state index < -0.39 is 0 Å². The number of hydrogen-bond donors (Lipinski definition) is 0. The van der Waals surface area contributed by atoms with Crippen molar-refractivity contribution in [1.82, 2.24) is 9.47 Å². The molecule has 124 valence electrons. The van der Waals surface area contributed by atoms with Gasteiger partial charge in [0, 0.05) is 44.2 Å². The SMILES string of the molecule is CC(=O)N1C[C@@H]2C[C@H](C1)c1cc(-c3ccc(C)cc3)cc(=O)n1C2. The summed E-state index contributed by atoms with van der Waals surface area (Å²) in [7, 11) is 0. The van der Waals surface area contributed by atoms with Crippen LogP contribution in [0.2, 0.25) is 0 Å². The van der Waals surface area contributed by atoms with Crippen LogP contribution in [0.25, 0.3) is 11.1 Å². The standard InChI is InChI=1S/C20H22N2O2/c1-13-3-5-16(6-4-13)17-8-19-18-7-15(10-21(12-18)14(2)23)11-22(19)20(24)9-17/h3-6,8-9,15,18H,7,10-12H2,1-2H3/t15-,18+/m0/s1. The van der Waals surface area contributed by atoms with Crippen LogP contribution in [-0.2, 0) is 11.3 Å². The van der Waals surface area contributed by atoms with Gasteiger partial charge in [-0.15, -0.1) is 0 Å². The summed E-state index contributed by atoms with van der Waals surface area (Å²) in [5, 5.41) is 0. The molecule has 4 nitrogen and oxygen atoms in total. The Morgan fingerprint density at radius 3 is 2.50 bits per heavy atom. The smallest absolute Gasteiger partial charge is 0.251 e. The van der Waals surface area contributed by atoms with E-state index in [0.29, 0.717) is 5.92 Å². The fourth-order valence-corrected chi connectivity index (χ4v) is 4.13. The Bertz CT molecular complexity index is 851. The molecule has 2 bridgehead atoms. The van der Waals surface area contributed by atoms with Crippen LogP contribution in [0.4, 0.5) is 0 Å². The lowest BCUT2D eigenvalue weighted by molar-refractivity contribution is -0.131. The van der Waals surface area contributed by atoms with Crippen molar-refractivity contribution >= 4 is 5.91 Å². The second kappa shape index (κ2) is 5.62. The van der Waals surface area contributed by atoms with Crippen LogP contribution in [0.15, 0.2) is 41.2 Å². The Kier molecular flexibility index (Phi) is 3.56. The number of fused-ring (bicyclic) bond motifs is 4. The average Bonchev–Trinajstić information content (AvgIpc) is 2.56. The molecule has 2 aliphatic heterocycles. The Labute approximate surface area is 141 Å². The van der Waals surface area contributed by atoms with Crippen molar-refractivity contribution in [2.45, 2.75) is 32.7 Å². The molecule has 1 aromatic carbocycles. The van der Waals surface area contributed by atoms with E-state index in [1.807, 2.05) is 9.47 Å². The van der Waals surface area contributed by atoms with Crippen molar-refractivity contribution in [2.75, 3.05) is 13.1 Å². The first-order chi connectivity index (χ1) is 11.5. The van der Waals surface area contributed by atoms with Crippen LogP contribution in [0.5, 0.6) is 0 Å². The van der Waals surface area contributed by atoms with Gasteiger partial charge in [0.25, 0.3) is 5.56 Å². The monoisotopic (exact) mass is 322 g/mol. The van der Waals surface area contributed by atoms with E-state index in [2.05, 4.69) is 37.3 Å². The highest BCUT2D eigenvalue weighted by atomic mass is 16.2. The zero-order valence-electron chi connectivity index (χ0n) is 14.2. The summed E-state index contributed by atoms with van der Waals surface area (Å²) in [5.74, 6) is 0.790. The number of amides is 1. The summed E-state index contributed by atoms with van der Waals surface area (Å²) >= 11 is 0. The summed E-state index contributed by atoms with van der Waals surface area (Å²) in [6.45, 7) is 5.92. The number of hydrogen-bond acceptors (Lipinski definition) is 2. The Balaban J connectivity index is 1.77. The topological polar surface area (TPSA) is 42.3 Å². The number of pyridine rings is 1. The third kappa shape index (κ3) is 2.56. The molecule has 1 amide bonds. The van der Waals surface area contributed by atoms with Crippen molar-refractivity contribution in [2.24, 2.45) is 5.92 Å². The normalized spacial score (nSPS) is 22.2. The summed E-state index contributed by atoms with van der Waals surface area (Å²) < 4.78 is 1.92. The lowest BCUT2D eigenvalue weighted by Gasteiger charge is -2.42. The van der Waals surface area contributed by atoms with Gasteiger partial charge in [0.2, 0.25) is 5.91 Å². The third-order valence-electron chi connectivity index (χ3n) is 5.39. The largest absolute Gasteiger partial charge is 0.342 e. The van der Waals surface area contributed by atoms with Crippen molar-refractivity contribution in [1.29, 1.82) is 0 Å². The molecule has 24 heavy (non-hydrogen) atoms. The highest BCUT2D eigenvalue weighted by Gasteiger charge is 2.35. The van der Waals surface area contributed by atoms with Gasteiger partial charge < -0.3 is 9.47 Å². The minimum Gasteiger partial charge on any atom is -0.342 e. The molecule has 0 spiro atoms. The molecule has 4 rings (SSSR count). The lowest BCUT2D eigenvalue weighted by Crippen LogP contribution is -2.48. The first-order valence-corrected chi connectivity index (χ1v) is 8.58. The molecule has 4 heteroatoms. The summed E-state index contributed by atoms with van der Waals surface area (Å²) in [6.07, 6.45) is 1.07. The van der Waals surface area contributed by atoms with Gasteiger partial charge in [-0.05, 0) is 36.5 Å². The molecule has 2 atom stereocenters. The molecule has 1 fully saturated rings. The molecule has 3 heterocycles. The Morgan fingerprint density at radius 2 is 1.79 bits per heavy atom. The van der Waals surface area contributed by atoms with Gasteiger partial charge in [-0.3, -0.25) is 9.59 Å². The van der Waals surface area contributed by atoms with Crippen molar-refractivity contribution in [3.63, 3.8) is 0 Å². The number of piperidine rings is 1. The first kappa shape index (κ1) is 15.2. The number of carbonyl (C=O) groups excluding carboxylic acids is 1. The maximum Gasteiger partial charge on any atom is 0.251 e. The van der Waals surface area contributed by atoms with Crippen LogP contribution in [0.3, 0.4) is 0 Å². The number of likely N-dealkylation sites (tertiary alicyclic amines) is 1. The summed E-state index contributed by atoms with van der Waals surface area (Å²) in [6, 6.07) is 12.2. The van der Waals surface area contributed by atoms with Crippen molar-refractivity contribution in [3.8, 4) is 11.1 Å². The third-order valence-corrected chi connectivity index (χ3v) is 5.39. The number of benzene rings is 1. The molecule has 0 saturated carbocycles. The Morgan fingerprint density at radius 1 is 1.04 bits per heavy atom. The minimum absolute atomic E-state index is 0.0778. The first-order valence-electron chi connectivity index (χ1n) is 8.58. The fourth-order valence-electron chi connectivity index (χ4n) is 4.13. The molecule has 2 aromatic rings. The molecule has 1 aromatic heterocycles. The van der Waals surface area contributed by atoms with E-state index in [0.717, 1.165) is 42.9 Å². The number of nitrogens with zero attached hydrogens (tertiary/aromatic N) is 2. The quantitative estimate of drug-likeness (QED) is 0.810. The van der Waals surface area contributed by atoms with Gasteiger partial charge in [0.15, 0.2) is 0 Å². The van der Waals surface area contributed by atoms with E-state index in [1.165, 1.54) is 5.56 Å². The van der Waals surface area contributed by atoms with Crippen LogP contribution in [-0.4, -0.2) is 28.5 Å². The van der Waals surface area contributed by atoms with E-state index in [9.17, 15) is 9.59 Å². The number of aromatic nitrogens is 1. The highest BCUT2D eigenvalue weighted by molar-refractivity contribution is 5.73. The number of aryl methyl sites for hydroxylation is 1. The van der Waals surface area contributed by atoms with Gasteiger partial charge in [0.05, 0.1) is 0 Å². The van der Waals surface area contributed by atoms with Crippen LogP contribution in [0.1, 0.15) is 30.5 Å². The van der Waals surface area contributed by atoms with Gasteiger partial charge in [-0.1, -0.05) is 29.8 Å². The summed E-state index contributed by atoms with van der Waals surface area (Å²) in [5.41, 5.74) is 4.42. The van der Waals surface area contributed by atoms with E-state index in [4.69, 9.17) is 0 Å². The maximum atomic E-state index is 12.7. The average molecular weight is 322 g/mol. The predicted octanol–water partition coefficient (Wildman–Crippen LogP) is 2.79. The molecule has 1 saturated heterocycles. The second-order valence-corrected chi connectivity index (χ2v) is 7.21. The lowest BCUT2D eigenvalue weighted by atomic mass is 9.82. The van der Waals surface area contributed by atoms with Gasteiger partial charge >= 0.3 is 0 Å². The van der Waals surface area contributed by atoms with E-state index in [1.54, 1.807) is 13.0 Å². The molecular formula is C20H22N2O2. The van der Waals surface area contributed by atoms with Crippen molar-refractivity contribution in [3.05, 3.63) is 58.0 Å². The highest BCUT2D eigenvalue weighted by Crippen LogP contribution is 2.36. The number of carbonyl (C=O) groups is 1. The van der Waals surface area contributed by atoms with Gasteiger partial charge in [-0.25, -0.2) is 0 Å². The van der Waals surface area contributed by atoms with Crippen LogP contribution in [0, 0.1) is 12.8 Å². The molecule has 0 aliphatic carbocycles. The fraction of sp³-hybridized carbons (Fsp3) is 0.400. The summed E-state index contributed by atoms with van der Waals surface area (Å²) in [4.78, 5) is 26.4. The van der Waals surface area contributed by atoms with Gasteiger partial charge in [-0.2, -0.15) is 0 Å². The molecular weight excluding hydrogens is 300 g/mol. The minimum atomic E-state index is 0.0778. The zero-order valence-corrected chi connectivity index (χ0v) is 14.2. The van der Waals surface area contributed by atoms with Crippen molar-refractivity contribution < 1.29 is 4.79 Å². The Hall–Kier alpha value is -2.36. The van der Waals surface area contributed by atoms with Crippen LogP contribution < -0.4 is 5.56 Å². The van der Waals surface area contributed by atoms with Gasteiger partial charge in [0.1, 0.15) is 0 Å². The molecule has 0 radical (unpaired) electrons. The predicted molar refractivity (Wildman–Crippen MR) is 94.0 cm³/mol. The molecule has 0 unspecified atom stereocenters. The molecule has 2 aliphatic rings. The van der Waals surface area contributed by atoms with E-state index >= 15 is 0 Å². The molecule has 0 N–H and O–H groups in total. The maximum absolute atomic E-state index is 12.7. The zero-order chi connectivity index (χ0) is 16.8. The second-order valence-electron chi connectivity index (χ2n) is 7.21.